The Bertz CT molecular complexity index is 1200. The van der Waals surface area contributed by atoms with Gasteiger partial charge in [-0.05, 0) is 25.1 Å². The van der Waals surface area contributed by atoms with Crippen LogP contribution in [0.3, 0.4) is 0 Å². The number of fused-ring (bicyclic) bond motifs is 2. The largest absolute Gasteiger partial charge is 0.473 e. The molecule has 0 bridgehead atoms. The normalized spacial score (nSPS) is 15.1. The molecule has 3 aromatic heterocycles. The van der Waals surface area contributed by atoms with Crippen molar-refractivity contribution in [2.45, 2.75) is 13.0 Å². The van der Waals surface area contributed by atoms with Gasteiger partial charge in [0.2, 0.25) is 6.10 Å². The second-order valence-electron chi connectivity index (χ2n) is 6.16. The number of nitrogens with one attached hydrogen (secondary N) is 1. The smallest absolute Gasteiger partial charge is 0.272 e. The number of primary amides is 1. The van der Waals surface area contributed by atoms with Crippen LogP contribution in [0.1, 0.15) is 33.7 Å². The highest BCUT2D eigenvalue weighted by molar-refractivity contribution is 6.03. The van der Waals surface area contributed by atoms with Crippen LogP contribution in [0.25, 0.3) is 5.52 Å². The van der Waals surface area contributed by atoms with E-state index in [-0.39, 0.29) is 0 Å². The number of hydrogen-bond acceptors (Lipinski definition) is 7. The Labute approximate surface area is 152 Å². The number of para-hydroxylation sites is 1. The van der Waals surface area contributed by atoms with E-state index in [1.165, 1.54) is 6.20 Å². The van der Waals surface area contributed by atoms with E-state index in [0.717, 1.165) is 11.1 Å². The first kappa shape index (κ1) is 15.4. The lowest BCUT2D eigenvalue weighted by Crippen LogP contribution is -2.22. The molecule has 3 N–H and O–H groups in total. The summed E-state index contributed by atoms with van der Waals surface area (Å²) in [6.45, 7) is 1.75. The number of hydrogen-bond donors (Lipinski definition) is 2. The Morgan fingerprint density at radius 2 is 2.19 bits per heavy atom. The summed E-state index contributed by atoms with van der Waals surface area (Å²) in [6, 6.07) is 9.37. The van der Waals surface area contributed by atoms with E-state index in [4.69, 9.17) is 15.0 Å². The summed E-state index contributed by atoms with van der Waals surface area (Å²) in [5.74, 6) is 1.06. The van der Waals surface area contributed by atoms with Crippen LogP contribution in [0.2, 0.25) is 0 Å². The van der Waals surface area contributed by atoms with Crippen LogP contribution in [-0.4, -0.2) is 25.7 Å². The average Bonchev–Trinajstić information content (AvgIpc) is 3.25. The lowest BCUT2D eigenvalue weighted by molar-refractivity contribution is 0.100. The molecular formula is C18H14N6O3. The predicted octanol–water partition coefficient (Wildman–Crippen LogP) is 2.35. The molecular weight excluding hydrogens is 348 g/mol. The van der Waals surface area contributed by atoms with Crippen molar-refractivity contribution in [3.8, 4) is 5.75 Å². The van der Waals surface area contributed by atoms with Crippen molar-refractivity contribution in [3.63, 3.8) is 0 Å². The van der Waals surface area contributed by atoms with Crippen LogP contribution in [0.15, 0.2) is 47.2 Å². The first-order valence-corrected chi connectivity index (χ1v) is 8.25. The number of rotatable bonds is 4. The van der Waals surface area contributed by atoms with Crippen LogP contribution in [-0.2, 0) is 0 Å². The van der Waals surface area contributed by atoms with Gasteiger partial charge in [0.25, 0.3) is 11.8 Å². The molecule has 4 aromatic rings. The maximum absolute atomic E-state index is 11.9. The third-order valence-corrected chi connectivity index (χ3v) is 4.42. The van der Waals surface area contributed by atoms with Gasteiger partial charge in [0.15, 0.2) is 11.6 Å². The molecule has 134 valence electrons. The van der Waals surface area contributed by atoms with Gasteiger partial charge in [-0.15, -0.1) is 0 Å². The first-order valence-electron chi connectivity index (χ1n) is 8.25. The number of ether oxygens (including phenoxy) is 1. The predicted molar refractivity (Wildman–Crippen MR) is 94.9 cm³/mol. The third kappa shape index (κ3) is 2.32. The van der Waals surface area contributed by atoms with Crippen molar-refractivity contribution in [1.29, 1.82) is 0 Å². The zero-order chi connectivity index (χ0) is 18.5. The van der Waals surface area contributed by atoms with E-state index in [2.05, 4.69) is 20.6 Å². The first-order chi connectivity index (χ1) is 13.1. The fourth-order valence-electron chi connectivity index (χ4n) is 3.16. The second kappa shape index (κ2) is 5.56. The van der Waals surface area contributed by atoms with E-state index in [1.54, 1.807) is 17.6 Å². The number of anilines is 2. The van der Waals surface area contributed by atoms with Gasteiger partial charge in [-0.2, -0.15) is 10.1 Å². The minimum Gasteiger partial charge on any atom is -0.473 e. The third-order valence-electron chi connectivity index (χ3n) is 4.42. The molecule has 1 aliphatic heterocycles. The van der Waals surface area contributed by atoms with Gasteiger partial charge in [0.1, 0.15) is 0 Å². The number of nitrogens with zero attached hydrogens (tertiary/aromatic N) is 4. The maximum atomic E-state index is 11.9. The fraction of sp³-hybridized carbons (Fsp3) is 0.111. The summed E-state index contributed by atoms with van der Waals surface area (Å²) < 4.78 is 12.7. The van der Waals surface area contributed by atoms with Crippen molar-refractivity contribution in [2.75, 3.05) is 5.32 Å². The van der Waals surface area contributed by atoms with Gasteiger partial charge >= 0.3 is 0 Å². The van der Waals surface area contributed by atoms with Crippen LogP contribution in [0.5, 0.6) is 5.75 Å². The lowest BCUT2D eigenvalue weighted by Gasteiger charge is -2.30. The second-order valence-corrected chi connectivity index (χ2v) is 6.16. The summed E-state index contributed by atoms with van der Waals surface area (Å²) in [5.41, 5.74) is 8.74. The number of amides is 1. The molecule has 0 fully saturated rings. The SMILES string of the molecule is Cc1noc(C2Oc3c(Nc4c(C(N)=O)cnn5cccc45)cccc32)n1. The molecule has 0 radical (unpaired) electrons. The maximum Gasteiger partial charge on any atom is 0.272 e. The Kier molecular flexibility index (Phi) is 3.17. The van der Waals surface area contributed by atoms with Gasteiger partial charge in [-0.3, -0.25) is 4.79 Å². The van der Waals surface area contributed by atoms with Crippen molar-refractivity contribution < 1.29 is 14.1 Å². The summed E-state index contributed by atoms with van der Waals surface area (Å²) >= 11 is 0. The molecule has 1 amide bonds. The van der Waals surface area contributed by atoms with Crippen molar-refractivity contribution in [2.24, 2.45) is 5.73 Å². The molecule has 27 heavy (non-hydrogen) atoms. The highest BCUT2D eigenvalue weighted by Gasteiger charge is 2.36. The minimum absolute atomic E-state index is 0.294. The van der Waals surface area contributed by atoms with Crippen LogP contribution in [0, 0.1) is 6.92 Å². The number of nitrogens with two attached hydrogens (primary N) is 1. The lowest BCUT2D eigenvalue weighted by atomic mass is 10.0. The number of aromatic nitrogens is 4. The van der Waals surface area contributed by atoms with E-state index < -0.39 is 12.0 Å². The molecule has 9 heteroatoms. The van der Waals surface area contributed by atoms with Crippen LogP contribution >= 0.6 is 0 Å². The average molecular weight is 362 g/mol. The standard InChI is InChI=1S/C18H14N6O3/c1-9-21-18(27-23-9)16-10-4-2-5-12(15(10)26-16)22-14-11(17(19)25)8-20-24-7-3-6-13(14)24/h2-8,16,22H,1H3,(H2,19,25). The summed E-state index contributed by atoms with van der Waals surface area (Å²) in [6.07, 6.45) is 2.83. The molecule has 4 heterocycles. The molecule has 0 aliphatic carbocycles. The number of carbonyl (C=O) groups is 1. The molecule has 1 unspecified atom stereocenters. The topological polar surface area (TPSA) is 121 Å². The zero-order valence-electron chi connectivity index (χ0n) is 14.2. The van der Waals surface area contributed by atoms with E-state index in [0.29, 0.717) is 34.4 Å². The van der Waals surface area contributed by atoms with Crippen LogP contribution < -0.4 is 15.8 Å². The molecule has 0 saturated heterocycles. The van der Waals surface area contributed by atoms with E-state index in [1.807, 2.05) is 30.3 Å². The Hall–Kier alpha value is -3.88. The Morgan fingerprint density at radius 1 is 1.30 bits per heavy atom. The molecule has 1 aliphatic rings. The summed E-state index contributed by atoms with van der Waals surface area (Å²) in [5, 5.41) is 11.3. The number of aryl methyl sites for hydroxylation is 1. The highest BCUT2D eigenvalue weighted by Crippen LogP contribution is 2.48. The van der Waals surface area contributed by atoms with Gasteiger partial charge < -0.3 is 20.3 Å². The highest BCUT2D eigenvalue weighted by atomic mass is 16.5. The minimum atomic E-state index is -0.566. The molecule has 1 aromatic carbocycles. The summed E-state index contributed by atoms with van der Waals surface area (Å²) in [4.78, 5) is 16.1. The monoisotopic (exact) mass is 362 g/mol. The number of benzene rings is 1. The molecule has 1 atom stereocenters. The zero-order valence-corrected chi connectivity index (χ0v) is 14.2. The Morgan fingerprint density at radius 3 is 2.96 bits per heavy atom. The van der Waals surface area contributed by atoms with E-state index >= 15 is 0 Å². The van der Waals surface area contributed by atoms with Gasteiger partial charge in [0, 0.05) is 11.8 Å². The van der Waals surface area contributed by atoms with Crippen molar-refractivity contribution in [1.82, 2.24) is 19.8 Å². The molecule has 0 saturated carbocycles. The van der Waals surface area contributed by atoms with Gasteiger partial charge in [-0.1, -0.05) is 17.3 Å². The Balaban J connectivity index is 1.56. The van der Waals surface area contributed by atoms with Gasteiger partial charge in [-0.25, -0.2) is 4.52 Å². The quantitative estimate of drug-likeness (QED) is 0.571. The molecule has 0 spiro atoms. The van der Waals surface area contributed by atoms with Crippen molar-refractivity contribution >= 4 is 22.8 Å². The van der Waals surface area contributed by atoms with Crippen LogP contribution in [0.4, 0.5) is 11.4 Å². The molecule has 5 rings (SSSR count). The molecule has 9 nitrogen and oxygen atoms in total. The summed E-state index contributed by atoms with van der Waals surface area (Å²) in [7, 11) is 0. The van der Waals surface area contributed by atoms with E-state index in [9.17, 15) is 4.79 Å². The fourth-order valence-corrected chi connectivity index (χ4v) is 3.16. The van der Waals surface area contributed by atoms with Gasteiger partial charge in [0.05, 0.1) is 28.7 Å². The van der Waals surface area contributed by atoms with Crippen molar-refractivity contribution in [3.05, 3.63) is 65.6 Å². The number of carbonyl (C=O) groups excluding carboxylic acids is 1.